The summed E-state index contributed by atoms with van der Waals surface area (Å²) in [4.78, 5) is 6.96. The second kappa shape index (κ2) is 9.78. The Morgan fingerprint density at radius 1 is 1.19 bits per heavy atom. The zero-order chi connectivity index (χ0) is 15.7. The van der Waals surface area contributed by atoms with Crippen LogP contribution in [-0.4, -0.2) is 24.6 Å². The smallest absolute Gasteiger partial charge is 0.0562 e. The van der Waals surface area contributed by atoms with Crippen molar-refractivity contribution in [1.29, 1.82) is 0 Å². The predicted molar refractivity (Wildman–Crippen MR) is 92.7 cm³/mol. The van der Waals surface area contributed by atoms with Gasteiger partial charge in [0.2, 0.25) is 0 Å². The molecule has 1 aromatic heterocycles. The zero-order valence-electron chi connectivity index (χ0n) is 14.5. The van der Waals surface area contributed by atoms with Gasteiger partial charge in [0, 0.05) is 31.5 Å². The van der Waals surface area contributed by atoms with E-state index in [1.54, 1.807) is 0 Å². The first-order chi connectivity index (χ1) is 10.1. The minimum atomic E-state index is 0.676. The predicted octanol–water partition coefficient (Wildman–Crippen LogP) is 4.09. The van der Waals surface area contributed by atoms with Crippen molar-refractivity contribution < 1.29 is 0 Å². The van der Waals surface area contributed by atoms with E-state index in [9.17, 15) is 0 Å². The van der Waals surface area contributed by atoms with E-state index < -0.39 is 0 Å². The quantitative estimate of drug-likeness (QED) is 0.704. The van der Waals surface area contributed by atoms with Gasteiger partial charge in [-0.15, -0.1) is 0 Å². The van der Waals surface area contributed by atoms with Gasteiger partial charge in [-0.1, -0.05) is 40.5 Å². The van der Waals surface area contributed by atoms with Gasteiger partial charge in [-0.25, -0.2) is 0 Å². The molecule has 1 rings (SSSR count). The molecule has 3 heteroatoms. The lowest BCUT2D eigenvalue weighted by Gasteiger charge is -2.27. The van der Waals surface area contributed by atoms with Crippen LogP contribution in [0.15, 0.2) is 18.3 Å². The summed E-state index contributed by atoms with van der Waals surface area (Å²) in [5.74, 6) is 1.45. The lowest BCUT2D eigenvalue weighted by Crippen LogP contribution is -2.29. The Bertz CT molecular complexity index is 386. The number of nitrogens with one attached hydrogen (secondary N) is 1. The summed E-state index contributed by atoms with van der Waals surface area (Å²) >= 11 is 0. The van der Waals surface area contributed by atoms with Gasteiger partial charge in [-0.2, -0.15) is 0 Å². The highest BCUT2D eigenvalue weighted by Gasteiger charge is 2.11. The van der Waals surface area contributed by atoms with E-state index >= 15 is 0 Å². The maximum Gasteiger partial charge on any atom is 0.0562 e. The van der Waals surface area contributed by atoms with E-state index in [1.807, 2.05) is 6.20 Å². The minimum Gasteiger partial charge on any atom is -0.371 e. The summed E-state index contributed by atoms with van der Waals surface area (Å²) in [6.07, 6.45) is 4.44. The first-order valence-corrected chi connectivity index (χ1v) is 8.51. The molecule has 0 aliphatic carbocycles. The van der Waals surface area contributed by atoms with Gasteiger partial charge < -0.3 is 10.2 Å². The highest BCUT2D eigenvalue weighted by Crippen LogP contribution is 2.18. The summed E-state index contributed by atoms with van der Waals surface area (Å²) in [6.45, 7) is 15.4. The fourth-order valence-electron chi connectivity index (χ4n) is 2.52. The molecule has 0 radical (unpaired) electrons. The van der Waals surface area contributed by atoms with Crippen LogP contribution in [0.1, 0.15) is 53.2 Å². The van der Waals surface area contributed by atoms with E-state index in [1.165, 1.54) is 18.5 Å². The molecule has 0 saturated carbocycles. The van der Waals surface area contributed by atoms with Crippen molar-refractivity contribution in [2.75, 3.05) is 24.5 Å². The normalized spacial score (nSPS) is 11.4. The average molecular weight is 291 g/mol. The first kappa shape index (κ1) is 18.0. The number of hydrogen-bond donors (Lipinski definition) is 1. The third-order valence-electron chi connectivity index (χ3n) is 4.04. The third-order valence-corrected chi connectivity index (χ3v) is 4.04. The molecular weight excluding hydrogens is 258 g/mol. The van der Waals surface area contributed by atoms with Crippen LogP contribution in [0.5, 0.6) is 0 Å². The van der Waals surface area contributed by atoms with Crippen molar-refractivity contribution >= 4 is 5.69 Å². The summed E-state index contributed by atoms with van der Waals surface area (Å²) in [5, 5.41) is 3.47. The SMILES string of the molecule is CCC(CC)CN(CC)c1ccnc(CNCC(C)C)c1. The fraction of sp³-hybridized carbons (Fsp3) is 0.722. The summed E-state index contributed by atoms with van der Waals surface area (Å²) in [7, 11) is 0. The highest BCUT2D eigenvalue weighted by molar-refractivity contribution is 5.46. The van der Waals surface area contributed by atoms with Gasteiger partial charge in [0.25, 0.3) is 0 Å². The maximum absolute atomic E-state index is 4.48. The second-order valence-electron chi connectivity index (χ2n) is 6.25. The van der Waals surface area contributed by atoms with Crippen molar-refractivity contribution in [2.24, 2.45) is 11.8 Å². The molecule has 120 valence electrons. The molecule has 0 atom stereocenters. The Kier molecular flexibility index (Phi) is 8.36. The van der Waals surface area contributed by atoms with Crippen LogP contribution in [0.3, 0.4) is 0 Å². The minimum absolute atomic E-state index is 0.676. The summed E-state index contributed by atoms with van der Waals surface area (Å²) in [6, 6.07) is 4.37. The molecular formula is C18H33N3. The number of rotatable bonds is 10. The highest BCUT2D eigenvalue weighted by atomic mass is 15.1. The van der Waals surface area contributed by atoms with Crippen LogP contribution in [0, 0.1) is 11.8 Å². The fourth-order valence-corrected chi connectivity index (χ4v) is 2.52. The van der Waals surface area contributed by atoms with Crippen LogP contribution in [0.4, 0.5) is 5.69 Å². The third kappa shape index (κ3) is 6.47. The molecule has 0 fully saturated rings. The number of hydrogen-bond acceptors (Lipinski definition) is 3. The molecule has 21 heavy (non-hydrogen) atoms. The maximum atomic E-state index is 4.48. The zero-order valence-corrected chi connectivity index (χ0v) is 14.5. The van der Waals surface area contributed by atoms with Crippen LogP contribution < -0.4 is 10.2 Å². The summed E-state index contributed by atoms with van der Waals surface area (Å²) < 4.78 is 0. The van der Waals surface area contributed by atoms with E-state index in [2.05, 4.69) is 62.0 Å². The molecule has 1 N–H and O–H groups in total. The van der Waals surface area contributed by atoms with E-state index in [4.69, 9.17) is 0 Å². The van der Waals surface area contributed by atoms with E-state index in [-0.39, 0.29) is 0 Å². The molecule has 0 aliphatic heterocycles. The van der Waals surface area contributed by atoms with Crippen molar-refractivity contribution in [1.82, 2.24) is 10.3 Å². The topological polar surface area (TPSA) is 28.2 Å². The Labute approximate surface area is 131 Å². The van der Waals surface area contributed by atoms with Crippen LogP contribution in [0.2, 0.25) is 0 Å². The molecule has 0 amide bonds. The molecule has 0 aliphatic rings. The first-order valence-electron chi connectivity index (χ1n) is 8.51. The standard InChI is InChI=1S/C18H33N3/c1-6-16(7-2)14-21(8-3)18-9-10-20-17(11-18)13-19-12-15(4)5/h9-11,15-16,19H,6-8,12-14H2,1-5H3. The van der Waals surface area contributed by atoms with Crippen molar-refractivity contribution in [3.8, 4) is 0 Å². The Morgan fingerprint density at radius 2 is 1.90 bits per heavy atom. The van der Waals surface area contributed by atoms with Crippen LogP contribution in [0.25, 0.3) is 0 Å². The average Bonchev–Trinajstić information content (AvgIpc) is 2.48. The van der Waals surface area contributed by atoms with Gasteiger partial charge in [0.05, 0.1) is 5.69 Å². The van der Waals surface area contributed by atoms with Crippen molar-refractivity contribution in [2.45, 2.75) is 54.0 Å². The van der Waals surface area contributed by atoms with E-state index in [0.29, 0.717) is 5.92 Å². The molecule has 1 heterocycles. The Morgan fingerprint density at radius 3 is 2.48 bits per heavy atom. The summed E-state index contributed by atoms with van der Waals surface area (Å²) in [5.41, 5.74) is 2.44. The molecule has 0 aromatic carbocycles. The Balaban J connectivity index is 2.67. The van der Waals surface area contributed by atoms with Gasteiger partial charge in [-0.3, -0.25) is 4.98 Å². The monoisotopic (exact) mass is 291 g/mol. The van der Waals surface area contributed by atoms with Crippen LogP contribution in [-0.2, 0) is 6.54 Å². The number of nitrogens with zero attached hydrogens (tertiary/aromatic N) is 2. The van der Waals surface area contributed by atoms with Gasteiger partial charge in [0.1, 0.15) is 0 Å². The molecule has 0 bridgehead atoms. The number of pyridine rings is 1. The molecule has 1 aromatic rings. The molecule has 0 spiro atoms. The lowest BCUT2D eigenvalue weighted by molar-refractivity contribution is 0.486. The Hall–Kier alpha value is -1.09. The molecule has 3 nitrogen and oxygen atoms in total. The molecule has 0 saturated heterocycles. The lowest BCUT2D eigenvalue weighted by atomic mass is 10.0. The number of anilines is 1. The van der Waals surface area contributed by atoms with Crippen molar-refractivity contribution in [3.63, 3.8) is 0 Å². The van der Waals surface area contributed by atoms with Gasteiger partial charge in [-0.05, 0) is 37.4 Å². The van der Waals surface area contributed by atoms with Gasteiger partial charge >= 0.3 is 0 Å². The van der Waals surface area contributed by atoms with Gasteiger partial charge in [0.15, 0.2) is 0 Å². The number of aromatic nitrogens is 1. The second-order valence-corrected chi connectivity index (χ2v) is 6.25. The molecule has 0 unspecified atom stereocenters. The largest absolute Gasteiger partial charge is 0.371 e. The van der Waals surface area contributed by atoms with E-state index in [0.717, 1.165) is 37.8 Å². The van der Waals surface area contributed by atoms with Crippen LogP contribution >= 0.6 is 0 Å². The van der Waals surface area contributed by atoms with Crippen molar-refractivity contribution in [3.05, 3.63) is 24.0 Å².